The van der Waals surface area contributed by atoms with Crippen molar-refractivity contribution in [3.05, 3.63) is 28.5 Å². The lowest BCUT2D eigenvalue weighted by Gasteiger charge is -1.99. The molecule has 1 rings (SSSR count). The second-order valence-corrected chi connectivity index (χ2v) is 2.32. The average Bonchev–Trinajstić information content (AvgIpc) is 1.99. The van der Waals surface area contributed by atoms with Crippen LogP contribution in [0.5, 0.6) is 5.75 Å². The van der Waals surface area contributed by atoms with Crippen molar-refractivity contribution in [2.24, 2.45) is 0 Å². The Hall–Kier alpha value is -1.09. The molecule has 0 aliphatic heterocycles. The van der Waals surface area contributed by atoms with Crippen LogP contribution in [0.15, 0.2) is 12.1 Å². The van der Waals surface area contributed by atoms with Gasteiger partial charge in [-0.15, -0.1) is 0 Å². The second-order valence-electron chi connectivity index (χ2n) is 1.91. The number of aldehydes is 1. The van der Waals surface area contributed by atoms with E-state index >= 15 is 0 Å². The summed E-state index contributed by atoms with van der Waals surface area (Å²) in [7, 11) is 0. The molecule has 0 unspecified atom stereocenters. The number of benzene rings is 1. The molecule has 0 fully saturated rings. The molecule has 0 heterocycles. The Bertz CT molecular complexity index is 299. The normalized spacial score (nSPS) is 9.64. The molecule has 0 aliphatic rings. The highest BCUT2D eigenvalue weighted by molar-refractivity contribution is 6.32. The molecule has 0 atom stereocenters. The van der Waals surface area contributed by atoms with E-state index in [1.54, 1.807) is 0 Å². The maximum atomic E-state index is 12.6. The first kappa shape index (κ1) is 8.01. The van der Waals surface area contributed by atoms with Crippen LogP contribution < -0.4 is 0 Å². The number of carbonyl (C=O) groups is 1. The summed E-state index contributed by atoms with van der Waals surface area (Å²) < 4.78 is 12.6. The number of phenolic OH excluding ortho intramolecular Hbond substituents is 1. The second kappa shape index (κ2) is 2.88. The lowest BCUT2D eigenvalue weighted by molar-refractivity contribution is 0.111. The smallest absolute Gasteiger partial charge is 0.156 e. The van der Waals surface area contributed by atoms with Gasteiger partial charge in [0, 0.05) is 0 Å². The summed E-state index contributed by atoms with van der Waals surface area (Å²) in [6, 6.07) is 2.20. The third-order valence-corrected chi connectivity index (χ3v) is 1.54. The van der Waals surface area contributed by atoms with Gasteiger partial charge in [-0.2, -0.15) is 0 Å². The Balaban J connectivity index is 3.40. The van der Waals surface area contributed by atoms with Crippen molar-refractivity contribution in [2.75, 3.05) is 0 Å². The van der Waals surface area contributed by atoms with Gasteiger partial charge in [0.2, 0.25) is 0 Å². The van der Waals surface area contributed by atoms with Crippen LogP contribution >= 0.6 is 11.6 Å². The van der Waals surface area contributed by atoms with Crippen LogP contribution in [0, 0.1) is 5.82 Å². The molecular weight excluding hydrogens is 171 g/mol. The first-order valence-electron chi connectivity index (χ1n) is 2.79. The van der Waals surface area contributed by atoms with Gasteiger partial charge >= 0.3 is 0 Å². The van der Waals surface area contributed by atoms with E-state index in [1.165, 1.54) is 6.07 Å². The fourth-order valence-electron chi connectivity index (χ4n) is 0.669. The van der Waals surface area contributed by atoms with Crippen LogP contribution in [0.2, 0.25) is 5.02 Å². The van der Waals surface area contributed by atoms with Crippen molar-refractivity contribution < 1.29 is 14.3 Å². The number of phenols is 1. The van der Waals surface area contributed by atoms with Crippen LogP contribution in [-0.4, -0.2) is 11.4 Å². The van der Waals surface area contributed by atoms with E-state index in [0.29, 0.717) is 0 Å². The van der Waals surface area contributed by atoms with Gasteiger partial charge in [-0.1, -0.05) is 11.6 Å². The topological polar surface area (TPSA) is 37.3 Å². The van der Waals surface area contributed by atoms with E-state index in [2.05, 4.69) is 0 Å². The Morgan fingerprint density at radius 1 is 1.55 bits per heavy atom. The van der Waals surface area contributed by atoms with E-state index in [0.717, 1.165) is 6.07 Å². The first-order valence-corrected chi connectivity index (χ1v) is 3.16. The molecule has 0 bridgehead atoms. The van der Waals surface area contributed by atoms with Crippen LogP contribution in [0.25, 0.3) is 0 Å². The zero-order valence-corrected chi connectivity index (χ0v) is 6.10. The van der Waals surface area contributed by atoms with E-state index in [-0.39, 0.29) is 11.3 Å². The average molecular weight is 175 g/mol. The van der Waals surface area contributed by atoms with Crippen molar-refractivity contribution in [2.45, 2.75) is 0 Å². The molecule has 0 saturated carbocycles. The molecule has 0 radical (unpaired) electrons. The molecule has 0 spiro atoms. The molecule has 1 N–H and O–H groups in total. The zero-order valence-electron chi connectivity index (χ0n) is 5.34. The summed E-state index contributed by atoms with van der Waals surface area (Å²) >= 11 is 5.39. The predicted octanol–water partition coefficient (Wildman–Crippen LogP) is 2.00. The minimum Gasteiger partial charge on any atom is -0.506 e. The number of aromatic hydroxyl groups is 1. The van der Waals surface area contributed by atoms with Crippen LogP contribution in [0.3, 0.4) is 0 Å². The van der Waals surface area contributed by atoms with E-state index in [4.69, 9.17) is 16.7 Å². The Labute approximate surface area is 67.2 Å². The zero-order chi connectivity index (χ0) is 8.43. The van der Waals surface area contributed by atoms with Gasteiger partial charge in [0.05, 0.1) is 10.6 Å². The molecule has 0 amide bonds. The van der Waals surface area contributed by atoms with E-state index < -0.39 is 17.1 Å². The van der Waals surface area contributed by atoms with Crippen molar-refractivity contribution in [1.82, 2.24) is 0 Å². The summed E-state index contributed by atoms with van der Waals surface area (Å²) in [5.74, 6) is -1.29. The lowest BCUT2D eigenvalue weighted by atomic mass is 10.2. The highest BCUT2D eigenvalue weighted by atomic mass is 35.5. The predicted molar refractivity (Wildman–Crippen MR) is 38.5 cm³/mol. The van der Waals surface area contributed by atoms with Crippen LogP contribution in [-0.2, 0) is 0 Å². The van der Waals surface area contributed by atoms with E-state index in [1.807, 2.05) is 0 Å². The maximum Gasteiger partial charge on any atom is 0.156 e. The molecule has 1 aromatic carbocycles. The molecule has 58 valence electrons. The van der Waals surface area contributed by atoms with Gasteiger partial charge in [-0.3, -0.25) is 4.79 Å². The quantitative estimate of drug-likeness (QED) is 0.662. The Morgan fingerprint density at radius 3 is 2.64 bits per heavy atom. The molecule has 4 heteroatoms. The number of halogens is 2. The number of rotatable bonds is 1. The van der Waals surface area contributed by atoms with E-state index in [9.17, 15) is 9.18 Å². The van der Waals surface area contributed by atoms with Crippen LogP contribution in [0.4, 0.5) is 4.39 Å². The molecule has 0 saturated heterocycles. The molecule has 0 aromatic heterocycles. The van der Waals surface area contributed by atoms with Gasteiger partial charge in [0.15, 0.2) is 6.29 Å². The monoisotopic (exact) mass is 174 g/mol. The number of carbonyl (C=O) groups excluding carboxylic acids is 1. The summed E-state index contributed by atoms with van der Waals surface area (Å²) in [5.41, 5.74) is -0.405. The maximum absolute atomic E-state index is 12.6. The largest absolute Gasteiger partial charge is 0.506 e. The minimum atomic E-state index is -0.776. The van der Waals surface area contributed by atoms with Crippen molar-refractivity contribution in [3.8, 4) is 5.75 Å². The summed E-state index contributed by atoms with van der Waals surface area (Å²) in [6.45, 7) is 0. The van der Waals surface area contributed by atoms with Gasteiger partial charge in [-0.05, 0) is 12.1 Å². The van der Waals surface area contributed by atoms with Gasteiger partial charge < -0.3 is 5.11 Å². The highest BCUT2D eigenvalue weighted by Gasteiger charge is 2.09. The molecule has 11 heavy (non-hydrogen) atoms. The fraction of sp³-hybridized carbons (Fsp3) is 0. The summed E-state index contributed by atoms with van der Waals surface area (Å²) in [6.07, 6.45) is 0.219. The highest BCUT2D eigenvalue weighted by Crippen LogP contribution is 2.27. The van der Waals surface area contributed by atoms with Gasteiger partial charge in [-0.25, -0.2) is 4.39 Å². The molecule has 1 aromatic rings. The van der Waals surface area contributed by atoms with Crippen molar-refractivity contribution >= 4 is 17.9 Å². The standard InChI is InChI=1S/C7H4ClFO2/c8-5-1-2-6(9)4(3-10)7(5)11/h1-3,11H. The minimum absolute atomic E-state index is 0.0338. The summed E-state index contributed by atoms with van der Waals surface area (Å²) in [5, 5.41) is 8.94. The lowest BCUT2D eigenvalue weighted by Crippen LogP contribution is -1.87. The van der Waals surface area contributed by atoms with Crippen molar-refractivity contribution in [3.63, 3.8) is 0 Å². The SMILES string of the molecule is O=Cc1c(F)ccc(Cl)c1O. The Kier molecular flexibility index (Phi) is 2.10. The molecule has 0 aliphatic carbocycles. The number of hydrogen-bond donors (Lipinski definition) is 1. The number of hydrogen-bond acceptors (Lipinski definition) is 2. The first-order chi connectivity index (χ1) is 5.16. The van der Waals surface area contributed by atoms with Gasteiger partial charge in [0.1, 0.15) is 11.6 Å². The Morgan fingerprint density at radius 2 is 2.18 bits per heavy atom. The third kappa shape index (κ3) is 1.33. The molecule has 2 nitrogen and oxygen atoms in total. The molecular formula is C7H4ClFO2. The van der Waals surface area contributed by atoms with Crippen LogP contribution in [0.1, 0.15) is 10.4 Å². The third-order valence-electron chi connectivity index (χ3n) is 1.23. The van der Waals surface area contributed by atoms with Gasteiger partial charge in [0.25, 0.3) is 0 Å². The van der Waals surface area contributed by atoms with Crippen molar-refractivity contribution in [1.29, 1.82) is 0 Å². The summed E-state index contributed by atoms with van der Waals surface area (Å²) in [4.78, 5) is 10.1. The fourth-order valence-corrected chi connectivity index (χ4v) is 0.834.